The number of aromatic nitrogens is 2. The molecule has 1 aromatic heterocycles. The van der Waals surface area contributed by atoms with Gasteiger partial charge in [-0.3, -0.25) is 9.58 Å². The van der Waals surface area contributed by atoms with Gasteiger partial charge < -0.3 is 10.6 Å². The topological polar surface area (TPSA) is 62.2 Å². The van der Waals surface area contributed by atoms with Crippen LogP contribution in [0, 0.1) is 5.92 Å². The molecule has 0 bridgehead atoms. The SMILES string of the molecule is C[C@H]1CN(Cc2ccccc2)C[C@H]1NC(=O)NCCc1cnn(C)c1. The Morgan fingerprint density at radius 2 is 2.04 bits per heavy atom. The summed E-state index contributed by atoms with van der Waals surface area (Å²) in [6.07, 6.45) is 4.60. The van der Waals surface area contributed by atoms with Gasteiger partial charge in [-0.2, -0.15) is 5.10 Å². The summed E-state index contributed by atoms with van der Waals surface area (Å²) in [5.41, 5.74) is 2.45. The highest BCUT2D eigenvalue weighted by Gasteiger charge is 2.30. The van der Waals surface area contributed by atoms with Gasteiger partial charge in [-0.1, -0.05) is 37.3 Å². The number of aryl methyl sites for hydroxylation is 1. The minimum absolute atomic E-state index is 0.0812. The van der Waals surface area contributed by atoms with Crippen molar-refractivity contribution in [1.82, 2.24) is 25.3 Å². The van der Waals surface area contributed by atoms with Crippen LogP contribution in [0.1, 0.15) is 18.1 Å². The van der Waals surface area contributed by atoms with Gasteiger partial charge in [0.25, 0.3) is 0 Å². The highest BCUT2D eigenvalue weighted by molar-refractivity contribution is 5.74. The summed E-state index contributed by atoms with van der Waals surface area (Å²) in [6, 6.07) is 10.6. The third-order valence-corrected chi connectivity index (χ3v) is 4.71. The van der Waals surface area contributed by atoms with Gasteiger partial charge in [0.05, 0.1) is 6.20 Å². The first kappa shape index (κ1) is 17.5. The van der Waals surface area contributed by atoms with Crippen molar-refractivity contribution in [3.63, 3.8) is 0 Å². The number of amides is 2. The maximum Gasteiger partial charge on any atom is 0.315 e. The molecular formula is C19H27N5O. The van der Waals surface area contributed by atoms with Gasteiger partial charge in [0.2, 0.25) is 0 Å². The van der Waals surface area contributed by atoms with E-state index in [2.05, 4.69) is 51.8 Å². The van der Waals surface area contributed by atoms with Crippen LogP contribution in [0.2, 0.25) is 0 Å². The summed E-state index contributed by atoms with van der Waals surface area (Å²) >= 11 is 0. The van der Waals surface area contributed by atoms with Crippen molar-refractivity contribution in [2.45, 2.75) is 25.9 Å². The van der Waals surface area contributed by atoms with E-state index in [0.717, 1.165) is 31.6 Å². The lowest BCUT2D eigenvalue weighted by molar-refractivity contribution is 0.234. The standard InChI is InChI=1S/C19H27N5O/c1-15-11-24(13-16-6-4-3-5-7-16)14-18(15)22-19(25)20-9-8-17-10-21-23(2)12-17/h3-7,10,12,15,18H,8-9,11,13-14H2,1-2H3,(H2,20,22,25)/t15-,18+/m0/s1. The van der Waals surface area contributed by atoms with Gasteiger partial charge in [0.1, 0.15) is 0 Å². The maximum absolute atomic E-state index is 12.1. The van der Waals surface area contributed by atoms with Gasteiger partial charge in [0.15, 0.2) is 0 Å². The number of hydrogen-bond acceptors (Lipinski definition) is 3. The van der Waals surface area contributed by atoms with E-state index in [0.29, 0.717) is 12.5 Å². The van der Waals surface area contributed by atoms with Crippen molar-refractivity contribution in [2.24, 2.45) is 13.0 Å². The summed E-state index contributed by atoms with van der Waals surface area (Å²) in [6.45, 7) is 5.66. The molecule has 1 aliphatic rings. The molecule has 1 fully saturated rings. The van der Waals surface area contributed by atoms with Crippen LogP contribution in [-0.2, 0) is 20.0 Å². The smallest absolute Gasteiger partial charge is 0.315 e. The Kier molecular flexibility index (Phi) is 5.71. The second kappa shape index (κ2) is 8.16. The molecule has 6 heteroatoms. The van der Waals surface area contributed by atoms with Crippen LogP contribution in [0.25, 0.3) is 0 Å². The molecule has 0 aliphatic carbocycles. The monoisotopic (exact) mass is 341 g/mol. The van der Waals surface area contributed by atoms with Crippen molar-refractivity contribution in [3.8, 4) is 0 Å². The Labute approximate surface area is 149 Å². The van der Waals surface area contributed by atoms with Crippen LogP contribution in [0.3, 0.4) is 0 Å². The zero-order valence-corrected chi connectivity index (χ0v) is 15.0. The van der Waals surface area contributed by atoms with E-state index in [9.17, 15) is 4.79 Å². The van der Waals surface area contributed by atoms with Crippen LogP contribution in [-0.4, -0.2) is 46.4 Å². The highest BCUT2D eigenvalue weighted by atomic mass is 16.2. The summed E-state index contributed by atoms with van der Waals surface area (Å²) in [4.78, 5) is 14.5. The summed E-state index contributed by atoms with van der Waals surface area (Å²) in [7, 11) is 1.90. The number of benzene rings is 1. The third kappa shape index (κ3) is 5.06. The summed E-state index contributed by atoms with van der Waals surface area (Å²) in [5, 5.41) is 10.2. The normalized spacial score (nSPS) is 20.6. The Morgan fingerprint density at radius 1 is 1.24 bits per heavy atom. The van der Waals surface area contributed by atoms with Crippen molar-refractivity contribution in [2.75, 3.05) is 19.6 Å². The van der Waals surface area contributed by atoms with E-state index in [-0.39, 0.29) is 12.1 Å². The summed E-state index contributed by atoms with van der Waals surface area (Å²) < 4.78 is 1.77. The number of nitrogens with one attached hydrogen (secondary N) is 2. The Morgan fingerprint density at radius 3 is 2.76 bits per heavy atom. The number of likely N-dealkylation sites (tertiary alicyclic amines) is 1. The molecule has 0 saturated carbocycles. The van der Waals surface area contributed by atoms with E-state index < -0.39 is 0 Å². The Bertz CT molecular complexity index is 684. The molecule has 25 heavy (non-hydrogen) atoms. The first-order valence-electron chi connectivity index (χ1n) is 8.88. The van der Waals surface area contributed by atoms with Crippen LogP contribution < -0.4 is 10.6 Å². The molecule has 1 aliphatic heterocycles. The largest absolute Gasteiger partial charge is 0.338 e. The number of nitrogens with zero attached hydrogens (tertiary/aromatic N) is 3. The lowest BCUT2D eigenvalue weighted by Crippen LogP contribution is -2.45. The summed E-state index contributed by atoms with van der Waals surface area (Å²) in [5.74, 6) is 0.452. The van der Waals surface area contributed by atoms with Gasteiger partial charge in [-0.15, -0.1) is 0 Å². The van der Waals surface area contributed by atoms with Crippen LogP contribution >= 0.6 is 0 Å². The minimum atomic E-state index is -0.0812. The van der Waals surface area contributed by atoms with Crippen molar-refractivity contribution < 1.29 is 4.79 Å². The molecule has 134 valence electrons. The molecule has 2 aromatic rings. The highest BCUT2D eigenvalue weighted by Crippen LogP contribution is 2.18. The number of hydrogen-bond donors (Lipinski definition) is 2. The fraction of sp³-hybridized carbons (Fsp3) is 0.474. The molecule has 6 nitrogen and oxygen atoms in total. The molecule has 2 atom stereocenters. The lowest BCUT2D eigenvalue weighted by atomic mass is 10.1. The third-order valence-electron chi connectivity index (χ3n) is 4.71. The molecule has 0 spiro atoms. The van der Waals surface area contributed by atoms with Crippen molar-refractivity contribution in [1.29, 1.82) is 0 Å². The molecule has 2 heterocycles. The van der Waals surface area contributed by atoms with E-state index in [1.165, 1.54) is 5.56 Å². The van der Waals surface area contributed by atoms with Gasteiger partial charge in [-0.25, -0.2) is 4.79 Å². The van der Waals surface area contributed by atoms with Crippen molar-refractivity contribution >= 4 is 6.03 Å². The first-order chi connectivity index (χ1) is 12.1. The lowest BCUT2D eigenvalue weighted by Gasteiger charge is -2.17. The molecule has 2 N–H and O–H groups in total. The second-order valence-corrected chi connectivity index (χ2v) is 6.94. The minimum Gasteiger partial charge on any atom is -0.338 e. The predicted octanol–water partition coefficient (Wildman–Crippen LogP) is 1.78. The molecular weight excluding hydrogens is 314 g/mol. The fourth-order valence-electron chi connectivity index (χ4n) is 3.37. The number of carbonyl (C=O) groups excluding carboxylic acids is 1. The molecule has 1 saturated heterocycles. The van der Waals surface area contributed by atoms with Gasteiger partial charge in [-0.05, 0) is 23.5 Å². The fourth-order valence-corrected chi connectivity index (χ4v) is 3.37. The van der Waals surface area contributed by atoms with Crippen molar-refractivity contribution in [3.05, 3.63) is 53.9 Å². The molecule has 1 aromatic carbocycles. The maximum atomic E-state index is 12.1. The number of carbonyl (C=O) groups is 1. The van der Waals surface area contributed by atoms with Crippen LogP contribution in [0.15, 0.2) is 42.7 Å². The average molecular weight is 341 g/mol. The van der Waals surface area contributed by atoms with E-state index in [4.69, 9.17) is 0 Å². The van der Waals surface area contributed by atoms with Gasteiger partial charge >= 0.3 is 6.03 Å². The quantitative estimate of drug-likeness (QED) is 0.842. The Hall–Kier alpha value is -2.34. The molecule has 3 rings (SSSR count). The zero-order chi connectivity index (χ0) is 17.6. The molecule has 2 amide bonds. The van der Waals surface area contributed by atoms with E-state index >= 15 is 0 Å². The van der Waals surface area contributed by atoms with Gasteiger partial charge in [0, 0.05) is 45.5 Å². The predicted molar refractivity (Wildman–Crippen MR) is 98.1 cm³/mol. The van der Waals surface area contributed by atoms with Crippen LogP contribution in [0.4, 0.5) is 4.79 Å². The second-order valence-electron chi connectivity index (χ2n) is 6.94. The molecule has 0 radical (unpaired) electrons. The Balaban J connectivity index is 1.40. The zero-order valence-electron chi connectivity index (χ0n) is 15.0. The van der Waals surface area contributed by atoms with Crippen LogP contribution in [0.5, 0.6) is 0 Å². The first-order valence-corrected chi connectivity index (χ1v) is 8.88. The average Bonchev–Trinajstić information content (AvgIpc) is 3.14. The van der Waals surface area contributed by atoms with E-state index in [1.807, 2.05) is 25.5 Å². The molecule has 0 unspecified atom stereocenters. The number of urea groups is 1. The number of rotatable bonds is 6. The van der Waals surface area contributed by atoms with E-state index in [1.54, 1.807) is 4.68 Å².